The van der Waals surface area contributed by atoms with E-state index < -0.39 is 34.3 Å². The summed E-state index contributed by atoms with van der Waals surface area (Å²) in [5.41, 5.74) is -1.48. The summed E-state index contributed by atoms with van der Waals surface area (Å²) in [7, 11) is 1.66. The maximum absolute atomic E-state index is 14.7. The second kappa shape index (κ2) is 11.3. The van der Waals surface area contributed by atoms with Crippen LogP contribution in [0.15, 0.2) is 25.3 Å². The van der Waals surface area contributed by atoms with Crippen molar-refractivity contribution in [3.8, 4) is 0 Å². The topological polar surface area (TPSA) is 145 Å². The first-order chi connectivity index (χ1) is 22.3. The smallest absolute Gasteiger partial charge is 0.481 e. The highest BCUT2D eigenvalue weighted by Crippen LogP contribution is 2.74. The van der Waals surface area contributed by atoms with Gasteiger partial charge in [0, 0.05) is 18.9 Å². The fourth-order valence-electron chi connectivity index (χ4n) is 11.8. The minimum Gasteiger partial charge on any atom is -0.481 e. The molecular weight excluding hydrogens is 614 g/mol. The van der Waals surface area contributed by atoms with E-state index in [-0.39, 0.29) is 64.2 Å². The van der Waals surface area contributed by atoms with Crippen LogP contribution < -0.4 is 11.1 Å². The van der Waals surface area contributed by atoms with Gasteiger partial charge in [-0.2, -0.15) is 0 Å². The standard InChI is InChI=1S/C38H55NO9/c1-21(2)28-25(47-32(44)48-28)20-46-31(43)39-38(8)26-10-13-37(7)29(35(26,5)12-11-27(38)45-9)24(40)18-22-23-19-34(4,30(41)42)15-14-33(23,3)16-17-36(22,37)6/h18,21,23,26-27,29H,10-17,19-20H2,1-9H3,(H,39,43)(H,41,42)/t23-,26+,27-,29+,33+,34-,35-,36+,37+,38-/m0/s1. The van der Waals surface area contributed by atoms with Crippen molar-refractivity contribution in [3.63, 3.8) is 0 Å². The molecule has 6 rings (SSSR count). The summed E-state index contributed by atoms with van der Waals surface area (Å²) in [5.74, 6) is -1.30. The van der Waals surface area contributed by atoms with Crippen LogP contribution >= 0.6 is 0 Å². The van der Waals surface area contributed by atoms with Gasteiger partial charge in [-0.15, -0.1) is 0 Å². The number of amides is 1. The molecule has 0 bridgehead atoms. The molecule has 5 aliphatic carbocycles. The fourth-order valence-corrected chi connectivity index (χ4v) is 11.8. The quantitative estimate of drug-likeness (QED) is 0.317. The molecule has 266 valence electrons. The van der Waals surface area contributed by atoms with Crippen molar-refractivity contribution < 1.29 is 37.8 Å². The van der Waals surface area contributed by atoms with Gasteiger partial charge in [0.15, 0.2) is 23.9 Å². The van der Waals surface area contributed by atoms with E-state index in [1.165, 1.54) is 5.57 Å². The highest BCUT2D eigenvalue weighted by Gasteiger charge is 2.71. The van der Waals surface area contributed by atoms with Crippen molar-refractivity contribution in [2.24, 2.45) is 44.8 Å². The predicted octanol–water partition coefficient (Wildman–Crippen LogP) is 7.40. The minimum atomic E-state index is -0.832. The molecule has 1 amide bonds. The predicted molar refractivity (Wildman–Crippen MR) is 177 cm³/mol. The summed E-state index contributed by atoms with van der Waals surface area (Å²) in [6, 6.07) is 0. The average molecular weight is 670 g/mol. The van der Waals surface area contributed by atoms with Crippen molar-refractivity contribution in [1.82, 2.24) is 5.32 Å². The molecule has 10 heteroatoms. The molecule has 1 heterocycles. The Labute approximate surface area is 283 Å². The van der Waals surface area contributed by atoms with Crippen LogP contribution in [0.25, 0.3) is 0 Å². The summed E-state index contributed by atoms with van der Waals surface area (Å²) < 4.78 is 22.0. The van der Waals surface area contributed by atoms with Gasteiger partial charge in [-0.25, -0.2) is 9.59 Å². The van der Waals surface area contributed by atoms with Crippen molar-refractivity contribution in [2.75, 3.05) is 7.11 Å². The van der Waals surface area contributed by atoms with Gasteiger partial charge in [-0.05, 0) is 111 Å². The van der Waals surface area contributed by atoms with Crippen molar-refractivity contribution in [1.29, 1.82) is 0 Å². The molecule has 5 aliphatic rings. The number of fused-ring (bicyclic) bond motifs is 7. The highest BCUT2D eigenvalue weighted by atomic mass is 16.6. The number of ether oxygens (including phenoxy) is 2. The van der Waals surface area contributed by atoms with Gasteiger partial charge in [0.25, 0.3) is 0 Å². The maximum Gasteiger partial charge on any atom is 0.519 e. The first kappa shape index (κ1) is 35.0. The number of carbonyl (C=O) groups is 3. The van der Waals surface area contributed by atoms with Crippen molar-refractivity contribution >= 4 is 17.8 Å². The average Bonchev–Trinajstić information content (AvgIpc) is 3.38. The van der Waals surface area contributed by atoms with E-state index in [2.05, 4.69) is 33.0 Å². The Balaban J connectivity index is 1.32. The number of methoxy groups -OCH3 is 1. The third-order valence-electron chi connectivity index (χ3n) is 14.9. The number of carboxylic acid groups (broad SMARTS) is 1. The van der Waals surface area contributed by atoms with E-state index in [0.29, 0.717) is 25.0 Å². The first-order valence-electron chi connectivity index (χ1n) is 17.9. The Morgan fingerprint density at radius 3 is 2.31 bits per heavy atom. The maximum atomic E-state index is 14.7. The Bertz CT molecular complexity index is 1590. The van der Waals surface area contributed by atoms with Crippen molar-refractivity contribution in [2.45, 2.75) is 137 Å². The number of aliphatic carboxylic acids is 1. The van der Waals surface area contributed by atoms with Gasteiger partial charge in [0.1, 0.15) is 0 Å². The number of hydrogen-bond acceptors (Lipinski definition) is 8. The lowest BCUT2D eigenvalue weighted by Gasteiger charge is -2.70. The summed E-state index contributed by atoms with van der Waals surface area (Å²) in [6.45, 7) is 16.6. The van der Waals surface area contributed by atoms with Crippen molar-refractivity contribution in [3.05, 3.63) is 33.8 Å². The van der Waals surface area contributed by atoms with Gasteiger partial charge < -0.3 is 28.7 Å². The van der Waals surface area contributed by atoms with Crippen LogP contribution in [0, 0.1) is 44.8 Å². The molecule has 48 heavy (non-hydrogen) atoms. The Morgan fingerprint density at radius 1 is 0.979 bits per heavy atom. The van der Waals surface area contributed by atoms with Crippen LogP contribution in [0.2, 0.25) is 0 Å². The van der Waals surface area contributed by atoms with E-state index in [0.717, 1.165) is 38.5 Å². The Kier molecular flexibility index (Phi) is 8.25. The molecule has 10 atom stereocenters. The number of allylic oxidation sites excluding steroid dienone is 2. The second-order valence-electron chi connectivity index (χ2n) is 17.7. The molecule has 4 saturated carbocycles. The molecule has 2 N–H and O–H groups in total. The lowest BCUT2D eigenvalue weighted by atomic mass is 9.34. The summed E-state index contributed by atoms with van der Waals surface area (Å²) in [5, 5.41) is 13.4. The van der Waals surface area contributed by atoms with Crippen LogP contribution in [0.5, 0.6) is 0 Å². The molecule has 1 aromatic heterocycles. The number of carboxylic acids is 1. The summed E-state index contributed by atoms with van der Waals surface area (Å²) in [6.07, 6.45) is 8.12. The number of carbonyl (C=O) groups excluding carboxylic acids is 2. The molecule has 0 saturated heterocycles. The zero-order chi connectivity index (χ0) is 35.2. The number of ketones is 1. The van der Waals surface area contributed by atoms with Gasteiger partial charge in [-0.1, -0.05) is 47.1 Å². The van der Waals surface area contributed by atoms with E-state index in [9.17, 15) is 24.3 Å². The second-order valence-corrected chi connectivity index (χ2v) is 17.7. The van der Waals surface area contributed by atoms with Crippen LogP contribution in [-0.2, 0) is 25.7 Å². The zero-order valence-electron chi connectivity index (χ0n) is 30.2. The molecule has 0 radical (unpaired) electrons. The molecular formula is C38H55NO9. The molecule has 1 aromatic rings. The van der Waals surface area contributed by atoms with E-state index in [1.807, 2.05) is 33.8 Å². The number of alkyl carbamates (subject to hydrolysis) is 1. The van der Waals surface area contributed by atoms with Gasteiger partial charge in [0.2, 0.25) is 0 Å². The van der Waals surface area contributed by atoms with Gasteiger partial charge in [0.05, 0.1) is 17.1 Å². The lowest BCUT2D eigenvalue weighted by Crippen LogP contribution is -2.72. The first-order valence-corrected chi connectivity index (χ1v) is 17.9. The summed E-state index contributed by atoms with van der Waals surface area (Å²) >= 11 is 0. The lowest BCUT2D eigenvalue weighted by molar-refractivity contribution is -0.195. The van der Waals surface area contributed by atoms with Crippen LogP contribution in [0.3, 0.4) is 0 Å². The number of hydrogen-bond donors (Lipinski definition) is 2. The molecule has 10 nitrogen and oxygen atoms in total. The Hall–Kier alpha value is -2.88. The van der Waals surface area contributed by atoms with Crippen LogP contribution in [0.1, 0.15) is 131 Å². The SMILES string of the molecule is CO[C@H]1CC[C@@]2(C)[C@@H](CC[C@]3(C)[C@@H]2C(=O)C=C2[C@@H]4C[C@@](C)(C(=O)O)CC[C@]4(C)CC[C@]23C)[C@]1(C)NC(=O)OCc1oc(=O)oc1C(C)C. The van der Waals surface area contributed by atoms with Gasteiger partial charge in [-0.3, -0.25) is 9.59 Å². The molecule has 0 aromatic carbocycles. The third kappa shape index (κ3) is 4.89. The van der Waals surface area contributed by atoms with E-state index >= 15 is 0 Å². The monoisotopic (exact) mass is 669 g/mol. The van der Waals surface area contributed by atoms with E-state index in [4.69, 9.17) is 18.3 Å². The molecule has 4 fully saturated rings. The summed E-state index contributed by atoms with van der Waals surface area (Å²) in [4.78, 5) is 52.4. The van der Waals surface area contributed by atoms with Crippen LogP contribution in [-0.4, -0.2) is 41.7 Å². The zero-order valence-corrected chi connectivity index (χ0v) is 30.2. The fraction of sp³-hybridized carbons (Fsp3) is 0.789. The molecule has 0 spiro atoms. The minimum absolute atomic E-state index is 0.0147. The molecule has 0 unspecified atom stereocenters. The normalized spacial score (nSPS) is 43.7. The Morgan fingerprint density at radius 2 is 1.67 bits per heavy atom. The largest absolute Gasteiger partial charge is 0.519 e. The van der Waals surface area contributed by atoms with E-state index in [1.54, 1.807) is 7.11 Å². The highest BCUT2D eigenvalue weighted by molar-refractivity contribution is 5.95. The number of nitrogens with one attached hydrogen (secondary N) is 1. The number of rotatable bonds is 6. The third-order valence-corrected chi connectivity index (χ3v) is 14.9. The van der Waals surface area contributed by atoms with Crippen LogP contribution in [0.4, 0.5) is 4.79 Å². The molecule has 0 aliphatic heterocycles. The van der Waals surface area contributed by atoms with Gasteiger partial charge >= 0.3 is 17.9 Å².